The third kappa shape index (κ3) is 2.22. The summed E-state index contributed by atoms with van der Waals surface area (Å²) >= 11 is 2.99. The van der Waals surface area contributed by atoms with Gasteiger partial charge in [-0.1, -0.05) is 0 Å². The van der Waals surface area contributed by atoms with E-state index in [1.165, 1.54) is 12.3 Å². The van der Waals surface area contributed by atoms with Crippen LogP contribution in [0.2, 0.25) is 0 Å². The topological polar surface area (TPSA) is 36.7 Å². The SMILES string of the molecule is N#CCc1nccc(C(F)F)c1Br. The second-order valence-corrected chi connectivity index (χ2v) is 3.09. The summed E-state index contributed by atoms with van der Waals surface area (Å²) in [4.78, 5) is 3.81. The summed E-state index contributed by atoms with van der Waals surface area (Å²) in [6.45, 7) is 0. The van der Waals surface area contributed by atoms with Crippen LogP contribution in [0.15, 0.2) is 16.7 Å². The highest BCUT2D eigenvalue weighted by Crippen LogP contribution is 2.28. The van der Waals surface area contributed by atoms with Crippen molar-refractivity contribution in [2.75, 3.05) is 0 Å². The number of nitriles is 1. The molecule has 1 rings (SSSR count). The Labute approximate surface area is 82.3 Å². The summed E-state index contributed by atoms with van der Waals surface area (Å²) in [6, 6.07) is 3.09. The van der Waals surface area contributed by atoms with Gasteiger partial charge in [0.2, 0.25) is 0 Å². The van der Waals surface area contributed by atoms with Gasteiger partial charge in [-0.15, -0.1) is 0 Å². The van der Waals surface area contributed by atoms with E-state index in [0.717, 1.165) is 0 Å². The van der Waals surface area contributed by atoms with E-state index >= 15 is 0 Å². The number of nitrogens with zero attached hydrogens (tertiary/aromatic N) is 2. The van der Waals surface area contributed by atoms with E-state index < -0.39 is 6.43 Å². The second kappa shape index (κ2) is 4.28. The van der Waals surface area contributed by atoms with Gasteiger partial charge in [-0.25, -0.2) is 8.78 Å². The second-order valence-electron chi connectivity index (χ2n) is 2.30. The first-order valence-electron chi connectivity index (χ1n) is 3.45. The Morgan fingerprint density at radius 2 is 2.31 bits per heavy atom. The number of halogens is 3. The molecule has 0 saturated heterocycles. The molecule has 1 aromatic heterocycles. The molecule has 68 valence electrons. The van der Waals surface area contributed by atoms with Gasteiger partial charge < -0.3 is 0 Å². The molecule has 0 aliphatic rings. The van der Waals surface area contributed by atoms with Crippen molar-refractivity contribution in [2.45, 2.75) is 12.8 Å². The van der Waals surface area contributed by atoms with E-state index in [-0.39, 0.29) is 16.5 Å². The smallest absolute Gasteiger partial charge is 0.259 e. The fourth-order valence-electron chi connectivity index (χ4n) is 0.871. The van der Waals surface area contributed by atoms with Crippen molar-refractivity contribution < 1.29 is 8.78 Å². The third-order valence-corrected chi connectivity index (χ3v) is 2.39. The molecule has 5 heteroatoms. The lowest BCUT2D eigenvalue weighted by Gasteiger charge is -2.04. The lowest BCUT2D eigenvalue weighted by Crippen LogP contribution is -1.95. The van der Waals surface area contributed by atoms with Crippen molar-refractivity contribution in [3.05, 3.63) is 28.0 Å². The third-order valence-electron chi connectivity index (χ3n) is 1.47. The Balaban J connectivity index is 3.12. The molecule has 0 unspecified atom stereocenters. The minimum absolute atomic E-state index is 0.0289. The fourth-order valence-corrected chi connectivity index (χ4v) is 1.42. The summed E-state index contributed by atoms with van der Waals surface area (Å²) in [5.74, 6) is 0. The molecule has 0 aromatic carbocycles. The van der Waals surface area contributed by atoms with Crippen LogP contribution in [0.5, 0.6) is 0 Å². The molecule has 1 heterocycles. The standard InChI is InChI=1S/C8H5BrF2N2/c9-7-5(8(10)11)2-4-13-6(7)1-3-12/h2,4,8H,1H2. The highest BCUT2D eigenvalue weighted by atomic mass is 79.9. The Kier molecular flexibility index (Phi) is 3.32. The van der Waals surface area contributed by atoms with Crippen molar-refractivity contribution in [1.29, 1.82) is 5.26 Å². The van der Waals surface area contributed by atoms with Crippen LogP contribution < -0.4 is 0 Å². The molecule has 2 nitrogen and oxygen atoms in total. The Morgan fingerprint density at radius 3 is 2.85 bits per heavy atom. The van der Waals surface area contributed by atoms with Crippen molar-refractivity contribution >= 4 is 15.9 Å². The Hall–Kier alpha value is -1.02. The maximum absolute atomic E-state index is 12.3. The normalized spacial score (nSPS) is 10.1. The maximum atomic E-state index is 12.3. The average molecular weight is 247 g/mol. The molecular formula is C8H5BrF2N2. The number of hydrogen-bond donors (Lipinski definition) is 0. The van der Waals surface area contributed by atoms with Gasteiger partial charge in [0.15, 0.2) is 0 Å². The first kappa shape index (κ1) is 10.1. The molecular weight excluding hydrogens is 242 g/mol. The zero-order valence-electron chi connectivity index (χ0n) is 6.47. The van der Waals surface area contributed by atoms with E-state index in [1.54, 1.807) is 0 Å². The molecule has 0 fully saturated rings. The fraction of sp³-hybridized carbons (Fsp3) is 0.250. The largest absolute Gasteiger partial charge is 0.265 e. The van der Waals surface area contributed by atoms with Crippen LogP contribution in [0.1, 0.15) is 17.7 Å². The van der Waals surface area contributed by atoms with Gasteiger partial charge in [0, 0.05) is 16.2 Å². The van der Waals surface area contributed by atoms with Gasteiger partial charge >= 0.3 is 0 Å². The Bertz CT molecular complexity index is 346. The van der Waals surface area contributed by atoms with Crippen LogP contribution in [-0.4, -0.2) is 4.98 Å². The molecule has 0 amide bonds. The van der Waals surface area contributed by atoms with Gasteiger partial charge in [0.1, 0.15) is 0 Å². The van der Waals surface area contributed by atoms with E-state index in [2.05, 4.69) is 20.9 Å². The summed E-state index contributed by atoms with van der Waals surface area (Å²) < 4.78 is 24.8. The number of pyridine rings is 1. The van der Waals surface area contributed by atoms with Crippen LogP contribution in [-0.2, 0) is 6.42 Å². The van der Waals surface area contributed by atoms with Gasteiger partial charge in [0.25, 0.3) is 6.43 Å². The van der Waals surface area contributed by atoms with Crippen LogP contribution in [0.4, 0.5) is 8.78 Å². The quantitative estimate of drug-likeness (QED) is 0.805. The van der Waals surface area contributed by atoms with Gasteiger partial charge in [-0.3, -0.25) is 4.98 Å². The number of hydrogen-bond acceptors (Lipinski definition) is 2. The average Bonchev–Trinajstić information content (AvgIpc) is 2.08. The molecule has 0 aliphatic heterocycles. The summed E-state index contributed by atoms with van der Waals surface area (Å²) in [7, 11) is 0. The van der Waals surface area contributed by atoms with E-state index in [0.29, 0.717) is 5.69 Å². The molecule has 0 spiro atoms. The lowest BCUT2D eigenvalue weighted by molar-refractivity contribution is 0.150. The van der Waals surface area contributed by atoms with Crippen molar-refractivity contribution in [3.63, 3.8) is 0 Å². The molecule has 0 saturated carbocycles. The summed E-state index contributed by atoms with van der Waals surface area (Å²) in [6.07, 6.45) is -1.24. The van der Waals surface area contributed by atoms with Crippen LogP contribution in [0.25, 0.3) is 0 Å². The molecule has 1 aromatic rings. The van der Waals surface area contributed by atoms with Gasteiger partial charge in [-0.2, -0.15) is 5.26 Å². The minimum atomic E-state index is -2.55. The molecule has 0 N–H and O–H groups in total. The number of rotatable bonds is 2. The van der Waals surface area contributed by atoms with E-state index in [1.807, 2.05) is 6.07 Å². The van der Waals surface area contributed by atoms with Crippen molar-refractivity contribution in [3.8, 4) is 6.07 Å². The van der Waals surface area contributed by atoms with E-state index in [9.17, 15) is 8.78 Å². The van der Waals surface area contributed by atoms with Crippen LogP contribution in [0, 0.1) is 11.3 Å². The Morgan fingerprint density at radius 1 is 1.62 bits per heavy atom. The minimum Gasteiger partial charge on any atom is -0.259 e. The van der Waals surface area contributed by atoms with Gasteiger partial charge in [0.05, 0.1) is 18.2 Å². The first-order chi connectivity index (χ1) is 6.16. The summed E-state index contributed by atoms with van der Waals surface area (Å²) in [5, 5.41) is 8.38. The molecule has 0 radical (unpaired) electrons. The predicted molar refractivity (Wildman–Crippen MR) is 46.2 cm³/mol. The van der Waals surface area contributed by atoms with Gasteiger partial charge in [-0.05, 0) is 22.0 Å². The summed E-state index contributed by atoms with van der Waals surface area (Å²) in [5.41, 5.74) is 0.223. The number of aromatic nitrogens is 1. The predicted octanol–water partition coefficient (Wildman–Crippen LogP) is 2.85. The zero-order chi connectivity index (χ0) is 9.84. The van der Waals surface area contributed by atoms with Crippen LogP contribution in [0.3, 0.4) is 0 Å². The molecule has 0 atom stereocenters. The highest BCUT2D eigenvalue weighted by molar-refractivity contribution is 9.10. The van der Waals surface area contributed by atoms with Crippen LogP contribution >= 0.6 is 15.9 Å². The van der Waals surface area contributed by atoms with E-state index in [4.69, 9.17) is 5.26 Å². The molecule has 0 aliphatic carbocycles. The lowest BCUT2D eigenvalue weighted by atomic mass is 10.2. The molecule has 13 heavy (non-hydrogen) atoms. The highest BCUT2D eigenvalue weighted by Gasteiger charge is 2.14. The van der Waals surface area contributed by atoms with Crippen molar-refractivity contribution in [2.24, 2.45) is 0 Å². The molecule has 0 bridgehead atoms. The monoisotopic (exact) mass is 246 g/mol. The maximum Gasteiger partial charge on any atom is 0.265 e. The zero-order valence-corrected chi connectivity index (χ0v) is 8.05. The van der Waals surface area contributed by atoms with Crippen molar-refractivity contribution in [1.82, 2.24) is 4.98 Å². The number of alkyl halides is 2. The first-order valence-corrected chi connectivity index (χ1v) is 4.24.